The Balaban J connectivity index is 2.74. The molecule has 0 saturated carbocycles. The summed E-state index contributed by atoms with van der Waals surface area (Å²) in [5, 5.41) is 18.1. The van der Waals surface area contributed by atoms with Crippen molar-refractivity contribution >= 4 is 11.7 Å². The monoisotopic (exact) mass is 221 g/mol. The fraction of sp³-hybridized carbons (Fsp3) is 0.333. The molecule has 2 N–H and O–H groups in total. The molecule has 0 amide bonds. The number of aryl methyl sites for hydroxylation is 1. The van der Waals surface area contributed by atoms with Crippen LogP contribution in [-0.2, 0) is 11.2 Å². The molecule has 0 aliphatic heterocycles. The summed E-state index contributed by atoms with van der Waals surface area (Å²) in [6.07, 6.45) is 4.26. The van der Waals surface area contributed by atoms with Crippen LogP contribution in [0.4, 0.5) is 0 Å². The van der Waals surface area contributed by atoms with Gasteiger partial charge in [-0.2, -0.15) is 0 Å². The van der Waals surface area contributed by atoms with Gasteiger partial charge in [0, 0.05) is 18.0 Å². The summed E-state index contributed by atoms with van der Waals surface area (Å²) in [6, 6.07) is 1.77. The Morgan fingerprint density at radius 1 is 1.56 bits per heavy atom. The maximum Gasteiger partial charge on any atom is 0.306 e. The predicted molar refractivity (Wildman–Crippen MR) is 61.0 cm³/mol. The van der Waals surface area contributed by atoms with Crippen molar-refractivity contribution in [2.45, 2.75) is 19.8 Å². The van der Waals surface area contributed by atoms with Gasteiger partial charge in [0.05, 0.1) is 5.92 Å². The van der Waals surface area contributed by atoms with Gasteiger partial charge in [-0.15, -0.1) is 0 Å². The van der Waals surface area contributed by atoms with Gasteiger partial charge in [0.1, 0.15) is 5.76 Å². The molecule has 1 unspecified atom stereocenters. The Hall–Kier alpha value is -1.84. The van der Waals surface area contributed by atoms with Gasteiger partial charge in [-0.1, -0.05) is 13.5 Å². The van der Waals surface area contributed by atoms with Crippen LogP contribution >= 0.6 is 0 Å². The third-order valence-corrected chi connectivity index (χ3v) is 2.49. The minimum atomic E-state index is -0.807. The number of carbonyl (C=O) groups is 1. The quantitative estimate of drug-likeness (QED) is 0.748. The van der Waals surface area contributed by atoms with Crippen molar-refractivity contribution in [3.8, 4) is 0 Å². The van der Waals surface area contributed by atoms with Crippen LogP contribution in [0.15, 0.2) is 25.0 Å². The van der Waals surface area contributed by atoms with Crippen molar-refractivity contribution in [1.82, 2.24) is 4.98 Å². The molecule has 16 heavy (non-hydrogen) atoms. The summed E-state index contributed by atoms with van der Waals surface area (Å²) in [4.78, 5) is 14.6. The van der Waals surface area contributed by atoms with Crippen LogP contribution in [-0.4, -0.2) is 21.2 Å². The smallest absolute Gasteiger partial charge is 0.306 e. The Bertz CT molecular complexity index is 401. The van der Waals surface area contributed by atoms with Crippen LogP contribution in [0.25, 0.3) is 5.76 Å². The molecule has 0 spiro atoms. The molecule has 0 fully saturated rings. The van der Waals surface area contributed by atoms with Crippen molar-refractivity contribution in [3.05, 3.63) is 36.2 Å². The van der Waals surface area contributed by atoms with E-state index in [9.17, 15) is 9.90 Å². The number of aliphatic hydroxyl groups is 1. The minimum absolute atomic E-state index is 0.0360. The molecule has 4 nitrogen and oxygen atoms in total. The SMILES string of the molecule is C=C(O)c1cnccc1CCC(C)C(=O)O. The number of nitrogens with zero attached hydrogens (tertiary/aromatic N) is 1. The highest BCUT2D eigenvalue weighted by Crippen LogP contribution is 2.17. The molecule has 0 aromatic carbocycles. The van der Waals surface area contributed by atoms with Gasteiger partial charge in [-0.3, -0.25) is 9.78 Å². The summed E-state index contributed by atoms with van der Waals surface area (Å²) in [7, 11) is 0. The molecule has 1 heterocycles. The Morgan fingerprint density at radius 3 is 2.81 bits per heavy atom. The lowest BCUT2D eigenvalue weighted by Gasteiger charge is -2.09. The van der Waals surface area contributed by atoms with E-state index in [2.05, 4.69) is 11.6 Å². The second-order valence-electron chi connectivity index (χ2n) is 3.76. The van der Waals surface area contributed by atoms with E-state index in [1.807, 2.05) is 0 Å². The molecule has 1 aromatic heterocycles. The van der Waals surface area contributed by atoms with E-state index in [1.165, 1.54) is 6.20 Å². The second-order valence-corrected chi connectivity index (χ2v) is 3.76. The van der Waals surface area contributed by atoms with Crippen LogP contribution < -0.4 is 0 Å². The fourth-order valence-corrected chi connectivity index (χ4v) is 1.40. The molecule has 0 aliphatic carbocycles. The first-order chi connectivity index (χ1) is 7.52. The zero-order valence-electron chi connectivity index (χ0n) is 9.18. The van der Waals surface area contributed by atoms with Crippen LogP contribution in [0.3, 0.4) is 0 Å². The molecule has 0 radical (unpaired) electrons. The van der Waals surface area contributed by atoms with Crippen LogP contribution in [0.2, 0.25) is 0 Å². The highest BCUT2D eigenvalue weighted by Gasteiger charge is 2.12. The lowest BCUT2D eigenvalue weighted by molar-refractivity contribution is -0.141. The molecule has 86 valence electrons. The van der Waals surface area contributed by atoms with Gasteiger partial charge < -0.3 is 10.2 Å². The number of carboxylic acid groups (broad SMARTS) is 1. The fourth-order valence-electron chi connectivity index (χ4n) is 1.40. The van der Waals surface area contributed by atoms with Gasteiger partial charge in [-0.05, 0) is 24.5 Å². The van der Waals surface area contributed by atoms with Crippen LogP contribution in [0.5, 0.6) is 0 Å². The molecule has 0 bridgehead atoms. The van der Waals surface area contributed by atoms with Crippen LogP contribution in [0.1, 0.15) is 24.5 Å². The van der Waals surface area contributed by atoms with E-state index >= 15 is 0 Å². The average molecular weight is 221 g/mol. The second kappa shape index (κ2) is 5.30. The summed E-state index contributed by atoms with van der Waals surface area (Å²) in [5.41, 5.74) is 1.45. The highest BCUT2D eigenvalue weighted by molar-refractivity contribution is 5.69. The topological polar surface area (TPSA) is 70.4 Å². The molecule has 1 aromatic rings. The van der Waals surface area contributed by atoms with E-state index in [4.69, 9.17) is 5.11 Å². The van der Waals surface area contributed by atoms with Crippen molar-refractivity contribution < 1.29 is 15.0 Å². The molecular weight excluding hydrogens is 206 g/mol. The van der Waals surface area contributed by atoms with Gasteiger partial charge >= 0.3 is 5.97 Å². The van der Waals surface area contributed by atoms with E-state index in [0.717, 1.165) is 5.56 Å². The van der Waals surface area contributed by atoms with Crippen molar-refractivity contribution in [3.63, 3.8) is 0 Å². The third kappa shape index (κ3) is 3.08. The van der Waals surface area contributed by atoms with Gasteiger partial charge in [-0.25, -0.2) is 0 Å². The Morgan fingerprint density at radius 2 is 2.25 bits per heavy atom. The number of pyridine rings is 1. The Labute approximate surface area is 94.3 Å². The standard InChI is InChI=1S/C12H15NO3/c1-8(12(15)16)3-4-10-5-6-13-7-11(10)9(2)14/h5-8,14H,2-4H2,1H3,(H,15,16). The lowest BCUT2D eigenvalue weighted by atomic mass is 9.98. The zero-order valence-corrected chi connectivity index (χ0v) is 9.18. The normalized spacial score (nSPS) is 12.1. The first-order valence-electron chi connectivity index (χ1n) is 5.06. The summed E-state index contributed by atoms with van der Waals surface area (Å²) >= 11 is 0. The molecule has 4 heteroatoms. The molecule has 1 rings (SSSR count). The highest BCUT2D eigenvalue weighted by atomic mass is 16.4. The van der Waals surface area contributed by atoms with Gasteiger partial charge in [0.2, 0.25) is 0 Å². The number of aliphatic carboxylic acids is 1. The molecular formula is C12H15NO3. The number of aliphatic hydroxyl groups excluding tert-OH is 1. The van der Waals surface area contributed by atoms with E-state index in [-0.39, 0.29) is 5.76 Å². The van der Waals surface area contributed by atoms with Crippen molar-refractivity contribution in [2.24, 2.45) is 5.92 Å². The van der Waals surface area contributed by atoms with Crippen molar-refractivity contribution in [1.29, 1.82) is 0 Å². The minimum Gasteiger partial charge on any atom is -0.508 e. The molecule has 1 atom stereocenters. The molecule has 0 aliphatic rings. The maximum absolute atomic E-state index is 10.7. The summed E-state index contributed by atoms with van der Waals surface area (Å²) in [6.45, 7) is 5.11. The number of rotatable bonds is 5. The third-order valence-electron chi connectivity index (χ3n) is 2.49. The summed E-state index contributed by atoms with van der Waals surface area (Å²) in [5.74, 6) is -1.24. The van der Waals surface area contributed by atoms with Crippen molar-refractivity contribution in [2.75, 3.05) is 0 Å². The maximum atomic E-state index is 10.7. The zero-order chi connectivity index (χ0) is 12.1. The number of hydrogen-bond acceptors (Lipinski definition) is 3. The largest absolute Gasteiger partial charge is 0.508 e. The van der Waals surface area contributed by atoms with Crippen LogP contribution in [0, 0.1) is 5.92 Å². The summed E-state index contributed by atoms with van der Waals surface area (Å²) < 4.78 is 0. The van der Waals surface area contributed by atoms with E-state index in [1.54, 1.807) is 19.2 Å². The van der Waals surface area contributed by atoms with Gasteiger partial charge in [0.25, 0.3) is 0 Å². The molecule has 0 saturated heterocycles. The number of carboxylic acids is 1. The number of aromatic nitrogens is 1. The first-order valence-corrected chi connectivity index (χ1v) is 5.06. The Kier molecular flexibility index (Phi) is 4.05. The van der Waals surface area contributed by atoms with Gasteiger partial charge in [0.15, 0.2) is 0 Å². The van der Waals surface area contributed by atoms with E-state index in [0.29, 0.717) is 18.4 Å². The lowest BCUT2D eigenvalue weighted by Crippen LogP contribution is -2.10. The van der Waals surface area contributed by atoms with E-state index < -0.39 is 11.9 Å². The average Bonchev–Trinajstić information content (AvgIpc) is 2.25. The first kappa shape index (κ1) is 12.2. The predicted octanol–water partition coefficient (Wildman–Crippen LogP) is 2.26. The number of hydrogen-bond donors (Lipinski definition) is 2.